The van der Waals surface area contributed by atoms with E-state index < -0.39 is 18.1 Å². The number of hydrogen-bond donors (Lipinski definition) is 1. The lowest BCUT2D eigenvalue weighted by Crippen LogP contribution is -2.38. The Balaban J connectivity index is 2.86. The first-order valence-electron chi connectivity index (χ1n) is 5.72. The Hall–Kier alpha value is -1.20. The van der Waals surface area contributed by atoms with Crippen molar-refractivity contribution in [3.05, 3.63) is 22.1 Å². The summed E-state index contributed by atoms with van der Waals surface area (Å²) in [6.45, 7) is 1.28. The SMILES string of the molecule is CC(CC(F)(F)F)(N=[N+]=[N-])[C@@H]1CC=C(CO)CC1. The highest BCUT2D eigenvalue weighted by atomic mass is 19.4. The molecule has 0 aromatic heterocycles. The number of alkyl halides is 3. The van der Waals surface area contributed by atoms with Crippen LogP contribution in [0.4, 0.5) is 13.2 Å². The van der Waals surface area contributed by atoms with E-state index >= 15 is 0 Å². The predicted molar refractivity (Wildman–Crippen MR) is 60.7 cm³/mol. The Morgan fingerprint density at radius 2 is 2.22 bits per heavy atom. The van der Waals surface area contributed by atoms with Gasteiger partial charge in [0.15, 0.2) is 0 Å². The summed E-state index contributed by atoms with van der Waals surface area (Å²) in [7, 11) is 0. The van der Waals surface area contributed by atoms with Crippen molar-refractivity contribution in [2.24, 2.45) is 11.0 Å². The zero-order valence-electron chi connectivity index (χ0n) is 10.1. The maximum atomic E-state index is 12.5. The van der Waals surface area contributed by atoms with Gasteiger partial charge in [0.2, 0.25) is 0 Å². The summed E-state index contributed by atoms with van der Waals surface area (Å²) in [5, 5.41) is 12.3. The van der Waals surface area contributed by atoms with E-state index in [2.05, 4.69) is 10.0 Å². The maximum absolute atomic E-state index is 12.5. The van der Waals surface area contributed by atoms with Crippen LogP contribution in [-0.4, -0.2) is 23.4 Å². The van der Waals surface area contributed by atoms with Gasteiger partial charge in [0.1, 0.15) is 0 Å². The molecule has 0 aliphatic heterocycles. The molecule has 0 aromatic carbocycles. The highest BCUT2D eigenvalue weighted by Gasteiger charge is 2.43. The third kappa shape index (κ3) is 3.92. The van der Waals surface area contributed by atoms with E-state index in [1.807, 2.05) is 0 Å². The summed E-state index contributed by atoms with van der Waals surface area (Å²) < 4.78 is 37.6. The minimum atomic E-state index is -4.36. The fraction of sp³-hybridized carbons (Fsp3) is 0.818. The van der Waals surface area contributed by atoms with Crippen molar-refractivity contribution in [1.29, 1.82) is 0 Å². The van der Waals surface area contributed by atoms with Crippen molar-refractivity contribution in [2.75, 3.05) is 6.61 Å². The van der Waals surface area contributed by atoms with Crippen LogP contribution in [0.2, 0.25) is 0 Å². The summed E-state index contributed by atoms with van der Waals surface area (Å²) >= 11 is 0. The number of nitrogens with zero attached hydrogens (tertiary/aromatic N) is 3. The van der Waals surface area contributed by atoms with Crippen LogP contribution in [0.1, 0.15) is 32.6 Å². The van der Waals surface area contributed by atoms with Gasteiger partial charge in [-0.2, -0.15) is 13.2 Å². The third-order valence-corrected chi connectivity index (χ3v) is 3.42. The van der Waals surface area contributed by atoms with E-state index in [0.29, 0.717) is 19.3 Å². The van der Waals surface area contributed by atoms with Crippen LogP contribution in [0.15, 0.2) is 16.8 Å². The van der Waals surface area contributed by atoms with E-state index in [9.17, 15) is 13.2 Å². The molecule has 1 unspecified atom stereocenters. The van der Waals surface area contributed by atoms with Crippen molar-refractivity contribution in [3.8, 4) is 0 Å². The van der Waals surface area contributed by atoms with Gasteiger partial charge < -0.3 is 5.11 Å². The van der Waals surface area contributed by atoms with Crippen LogP contribution in [0.3, 0.4) is 0 Å². The first-order chi connectivity index (χ1) is 8.30. The second-order valence-corrected chi connectivity index (χ2v) is 4.83. The molecular weight excluding hydrogens is 247 g/mol. The summed E-state index contributed by atoms with van der Waals surface area (Å²) in [6, 6.07) is 0. The molecule has 1 aliphatic rings. The standard InChI is InChI=1S/C11H16F3N3O/c1-10(16-17-15,7-11(12,13)14)9-4-2-8(6-18)3-5-9/h2,9,18H,3-7H2,1H3/t9-,10?/m1/s1. The van der Waals surface area contributed by atoms with Crippen molar-refractivity contribution >= 4 is 0 Å². The quantitative estimate of drug-likeness (QED) is 0.357. The van der Waals surface area contributed by atoms with Crippen molar-refractivity contribution < 1.29 is 18.3 Å². The fourth-order valence-corrected chi connectivity index (χ4v) is 2.37. The number of aliphatic hydroxyl groups excluding tert-OH is 1. The third-order valence-electron chi connectivity index (χ3n) is 3.42. The van der Waals surface area contributed by atoms with Crippen LogP contribution in [0.5, 0.6) is 0 Å². The molecule has 102 valence electrons. The first kappa shape index (κ1) is 14.9. The zero-order valence-corrected chi connectivity index (χ0v) is 10.1. The fourth-order valence-electron chi connectivity index (χ4n) is 2.37. The molecule has 1 rings (SSSR count). The van der Waals surface area contributed by atoms with E-state index in [1.165, 1.54) is 6.92 Å². The molecule has 2 atom stereocenters. The van der Waals surface area contributed by atoms with Crippen LogP contribution >= 0.6 is 0 Å². The molecule has 0 bridgehead atoms. The molecule has 4 nitrogen and oxygen atoms in total. The van der Waals surface area contributed by atoms with Crippen LogP contribution < -0.4 is 0 Å². The summed E-state index contributed by atoms with van der Waals surface area (Å²) in [4.78, 5) is 2.56. The van der Waals surface area contributed by atoms with E-state index in [0.717, 1.165) is 5.57 Å². The molecule has 0 heterocycles. The lowest BCUT2D eigenvalue weighted by Gasteiger charge is -2.36. The van der Waals surface area contributed by atoms with E-state index in [1.54, 1.807) is 6.08 Å². The van der Waals surface area contributed by atoms with Crippen molar-refractivity contribution in [3.63, 3.8) is 0 Å². The Labute approximate surface area is 103 Å². The topological polar surface area (TPSA) is 69.0 Å². The number of azide groups is 1. The van der Waals surface area contributed by atoms with Crippen LogP contribution in [0, 0.1) is 5.92 Å². The molecule has 18 heavy (non-hydrogen) atoms. The number of aliphatic hydroxyl groups is 1. The van der Waals surface area contributed by atoms with Gasteiger partial charge in [0.05, 0.1) is 18.6 Å². The maximum Gasteiger partial charge on any atom is 0.389 e. The monoisotopic (exact) mass is 263 g/mol. The first-order valence-corrected chi connectivity index (χ1v) is 5.72. The zero-order chi connectivity index (χ0) is 13.8. The molecule has 7 heteroatoms. The largest absolute Gasteiger partial charge is 0.392 e. The minimum Gasteiger partial charge on any atom is -0.392 e. The summed E-state index contributed by atoms with van der Waals surface area (Å²) in [6.07, 6.45) is -2.27. The molecule has 0 spiro atoms. The van der Waals surface area contributed by atoms with Gasteiger partial charge in [0.25, 0.3) is 0 Å². The molecule has 1 N–H and O–H groups in total. The predicted octanol–water partition coefficient (Wildman–Crippen LogP) is 3.73. The normalized spacial score (nSPS) is 23.8. The number of halogens is 3. The number of hydrogen-bond acceptors (Lipinski definition) is 2. The Bertz CT molecular complexity index is 374. The molecular formula is C11H16F3N3O. The molecule has 0 fully saturated rings. The second kappa shape index (κ2) is 5.63. The molecule has 1 aliphatic carbocycles. The summed E-state index contributed by atoms with van der Waals surface area (Å²) in [5.74, 6) is -0.342. The number of allylic oxidation sites excluding steroid dienone is 1. The van der Waals surface area contributed by atoms with Gasteiger partial charge >= 0.3 is 6.18 Å². The lowest BCUT2D eigenvalue weighted by molar-refractivity contribution is -0.150. The molecule has 0 saturated heterocycles. The van der Waals surface area contributed by atoms with Crippen LogP contribution in [-0.2, 0) is 0 Å². The van der Waals surface area contributed by atoms with Gasteiger partial charge in [-0.05, 0) is 36.3 Å². The Kier molecular flexibility index (Phi) is 4.65. The average molecular weight is 263 g/mol. The van der Waals surface area contributed by atoms with Crippen molar-refractivity contribution in [1.82, 2.24) is 0 Å². The molecule has 0 aromatic rings. The minimum absolute atomic E-state index is 0.0653. The molecule has 0 radical (unpaired) electrons. The lowest BCUT2D eigenvalue weighted by atomic mass is 9.75. The Morgan fingerprint density at radius 3 is 2.61 bits per heavy atom. The van der Waals surface area contributed by atoms with E-state index in [4.69, 9.17) is 10.6 Å². The van der Waals surface area contributed by atoms with Gasteiger partial charge in [0, 0.05) is 4.91 Å². The highest BCUT2D eigenvalue weighted by Crippen LogP contribution is 2.41. The van der Waals surface area contributed by atoms with Gasteiger partial charge in [-0.15, -0.1) is 0 Å². The average Bonchev–Trinajstić information content (AvgIpc) is 2.27. The van der Waals surface area contributed by atoms with Gasteiger partial charge in [-0.3, -0.25) is 0 Å². The second-order valence-electron chi connectivity index (χ2n) is 4.83. The van der Waals surface area contributed by atoms with Crippen LogP contribution in [0.25, 0.3) is 10.4 Å². The van der Waals surface area contributed by atoms with Crippen molar-refractivity contribution in [2.45, 2.75) is 44.3 Å². The highest BCUT2D eigenvalue weighted by molar-refractivity contribution is 5.10. The Morgan fingerprint density at radius 1 is 1.56 bits per heavy atom. The molecule has 0 amide bonds. The number of rotatable bonds is 4. The van der Waals surface area contributed by atoms with E-state index in [-0.39, 0.29) is 12.5 Å². The van der Waals surface area contributed by atoms with Gasteiger partial charge in [-0.25, -0.2) is 0 Å². The summed E-state index contributed by atoms with van der Waals surface area (Å²) in [5.41, 5.74) is 7.84. The smallest absolute Gasteiger partial charge is 0.389 e. The van der Waals surface area contributed by atoms with Gasteiger partial charge in [-0.1, -0.05) is 18.1 Å². The molecule has 0 saturated carbocycles.